The molecule has 90 valence electrons. The topological polar surface area (TPSA) is 39.1 Å². The fraction of sp³-hybridized carbons (Fsp3) is 0.750. The Morgan fingerprint density at radius 1 is 1.62 bits per heavy atom. The van der Waals surface area contributed by atoms with Crippen molar-refractivity contribution in [3.63, 3.8) is 0 Å². The van der Waals surface area contributed by atoms with E-state index in [4.69, 9.17) is 4.74 Å². The second kappa shape index (κ2) is 4.97. The smallest absolute Gasteiger partial charge is 0.0724 e. The Balaban J connectivity index is 2.09. The van der Waals surface area contributed by atoms with Gasteiger partial charge in [0, 0.05) is 43.9 Å². The van der Waals surface area contributed by atoms with Crippen molar-refractivity contribution in [2.24, 2.45) is 7.05 Å². The highest BCUT2D eigenvalue weighted by Crippen LogP contribution is 2.26. The van der Waals surface area contributed by atoms with E-state index in [1.807, 2.05) is 11.7 Å². The minimum Gasteiger partial charge on any atom is -0.381 e. The highest BCUT2D eigenvalue weighted by molar-refractivity contribution is 5.22. The number of hydrogen-bond acceptors (Lipinski definition) is 3. The molecule has 0 aliphatic carbocycles. The maximum Gasteiger partial charge on any atom is 0.0724 e. The third-order valence-corrected chi connectivity index (χ3v) is 2.95. The van der Waals surface area contributed by atoms with Crippen LogP contribution in [0.5, 0.6) is 0 Å². The summed E-state index contributed by atoms with van der Waals surface area (Å²) in [4.78, 5) is 0. The molecule has 1 aromatic heterocycles. The molecule has 4 nitrogen and oxygen atoms in total. The molecule has 16 heavy (non-hydrogen) atoms. The molecule has 4 heteroatoms. The zero-order valence-electron chi connectivity index (χ0n) is 10.4. The van der Waals surface area contributed by atoms with Gasteiger partial charge < -0.3 is 10.1 Å². The van der Waals surface area contributed by atoms with Gasteiger partial charge >= 0.3 is 0 Å². The van der Waals surface area contributed by atoms with Crippen LogP contribution in [0.2, 0.25) is 0 Å². The highest BCUT2D eigenvalue weighted by atomic mass is 16.5. The zero-order valence-corrected chi connectivity index (χ0v) is 10.4. The van der Waals surface area contributed by atoms with Crippen LogP contribution in [0.4, 0.5) is 0 Å². The van der Waals surface area contributed by atoms with Gasteiger partial charge in [0.25, 0.3) is 0 Å². The predicted octanol–water partition coefficient (Wildman–Crippen LogP) is 1.42. The lowest BCUT2D eigenvalue weighted by molar-refractivity contribution is 0.193. The molecule has 1 aliphatic rings. The maximum atomic E-state index is 5.43. The van der Waals surface area contributed by atoms with Crippen LogP contribution in [-0.4, -0.2) is 29.0 Å². The van der Waals surface area contributed by atoms with Crippen LogP contribution in [0.15, 0.2) is 6.20 Å². The van der Waals surface area contributed by atoms with Crippen molar-refractivity contribution < 1.29 is 4.74 Å². The minimum atomic E-state index is 0.491. The van der Waals surface area contributed by atoms with Crippen LogP contribution < -0.4 is 5.32 Å². The molecule has 1 unspecified atom stereocenters. The van der Waals surface area contributed by atoms with Crippen LogP contribution in [-0.2, 0) is 18.3 Å². The first kappa shape index (κ1) is 11.6. The van der Waals surface area contributed by atoms with E-state index in [0.717, 1.165) is 26.2 Å². The number of nitrogens with zero attached hydrogens (tertiary/aromatic N) is 2. The first-order valence-electron chi connectivity index (χ1n) is 6.00. The summed E-state index contributed by atoms with van der Waals surface area (Å²) in [5.41, 5.74) is 2.53. The molecule has 0 spiro atoms. The first-order valence-corrected chi connectivity index (χ1v) is 6.00. The van der Waals surface area contributed by atoms with Gasteiger partial charge in [-0.3, -0.25) is 4.68 Å². The molecule has 0 bridgehead atoms. The van der Waals surface area contributed by atoms with Crippen LogP contribution >= 0.6 is 0 Å². The molecule has 1 aromatic rings. The van der Waals surface area contributed by atoms with E-state index in [-0.39, 0.29) is 0 Å². The summed E-state index contributed by atoms with van der Waals surface area (Å²) in [5, 5.41) is 8.01. The number of nitrogens with one attached hydrogen (secondary N) is 1. The van der Waals surface area contributed by atoms with E-state index in [1.54, 1.807) is 0 Å². The molecule has 2 heterocycles. The van der Waals surface area contributed by atoms with Crippen LogP contribution in [0, 0.1) is 0 Å². The number of hydrogen-bond donors (Lipinski definition) is 1. The van der Waals surface area contributed by atoms with Crippen molar-refractivity contribution in [3.05, 3.63) is 17.5 Å². The molecule has 0 amide bonds. The number of rotatable bonds is 4. The first-order chi connectivity index (χ1) is 7.66. The largest absolute Gasteiger partial charge is 0.381 e. The molecule has 1 aliphatic heterocycles. The van der Waals surface area contributed by atoms with E-state index in [0.29, 0.717) is 12.0 Å². The zero-order chi connectivity index (χ0) is 11.5. The normalized spacial score (nSPS) is 20.9. The van der Waals surface area contributed by atoms with Gasteiger partial charge in [0.1, 0.15) is 0 Å². The third kappa shape index (κ3) is 2.62. The summed E-state index contributed by atoms with van der Waals surface area (Å²) in [7, 11) is 1.98. The lowest BCUT2D eigenvalue weighted by atomic mass is 10.0. The van der Waals surface area contributed by atoms with Crippen molar-refractivity contribution in [2.45, 2.75) is 38.8 Å². The second-order valence-corrected chi connectivity index (χ2v) is 4.81. The molecule has 1 N–H and O–H groups in total. The lowest BCUT2D eigenvalue weighted by Crippen LogP contribution is -2.22. The molecule has 2 rings (SSSR count). The van der Waals surface area contributed by atoms with E-state index in [2.05, 4.69) is 30.5 Å². The van der Waals surface area contributed by atoms with Crippen LogP contribution in [0.3, 0.4) is 0 Å². The van der Waals surface area contributed by atoms with Gasteiger partial charge in [-0.2, -0.15) is 5.10 Å². The van der Waals surface area contributed by atoms with Crippen molar-refractivity contribution in [3.8, 4) is 0 Å². The lowest BCUT2D eigenvalue weighted by Gasteiger charge is -2.10. The van der Waals surface area contributed by atoms with E-state index in [9.17, 15) is 0 Å². The third-order valence-electron chi connectivity index (χ3n) is 2.95. The van der Waals surface area contributed by atoms with E-state index in [1.165, 1.54) is 11.3 Å². The average Bonchev–Trinajstić information content (AvgIpc) is 2.82. The van der Waals surface area contributed by atoms with Gasteiger partial charge in [-0.1, -0.05) is 13.8 Å². The molecular formula is C12H21N3O. The summed E-state index contributed by atoms with van der Waals surface area (Å²) in [6.07, 6.45) is 3.22. The summed E-state index contributed by atoms with van der Waals surface area (Å²) in [5.74, 6) is 0.491. The van der Waals surface area contributed by atoms with E-state index >= 15 is 0 Å². The predicted molar refractivity (Wildman–Crippen MR) is 63.4 cm³/mol. The SMILES string of the molecule is CC(C)NCc1cn(C)nc1C1CCOC1. The fourth-order valence-electron chi connectivity index (χ4n) is 2.10. The molecule has 0 radical (unpaired) electrons. The van der Waals surface area contributed by atoms with Crippen molar-refractivity contribution in [1.82, 2.24) is 15.1 Å². The van der Waals surface area contributed by atoms with Gasteiger partial charge in [0.2, 0.25) is 0 Å². The summed E-state index contributed by atoms with van der Waals surface area (Å²) in [6.45, 7) is 6.92. The molecule has 1 atom stereocenters. The standard InChI is InChI=1S/C12H21N3O/c1-9(2)13-6-11-7-15(3)14-12(11)10-4-5-16-8-10/h7,9-10,13H,4-6,8H2,1-3H3. The van der Waals surface area contributed by atoms with Crippen LogP contribution in [0.25, 0.3) is 0 Å². The fourth-order valence-corrected chi connectivity index (χ4v) is 2.10. The van der Waals surface area contributed by atoms with Crippen LogP contribution in [0.1, 0.15) is 37.4 Å². The summed E-state index contributed by atoms with van der Waals surface area (Å²) in [6, 6.07) is 0.507. The molecular weight excluding hydrogens is 202 g/mol. The Hall–Kier alpha value is -0.870. The molecule has 1 saturated heterocycles. The summed E-state index contributed by atoms with van der Waals surface area (Å²) >= 11 is 0. The van der Waals surface area contributed by atoms with Crippen molar-refractivity contribution in [1.29, 1.82) is 0 Å². The van der Waals surface area contributed by atoms with Crippen molar-refractivity contribution in [2.75, 3.05) is 13.2 Å². The molecule has 0 saturated carbocycles. The summed E-state index contributed by atoms with van der Waals surface area (Å²) < 4.78 is 7.34. The minimum absolute atomic E-state index is 0.491. The quantitative estimate of drug-likeness (QED) is 0.839. The van der Waals surface area contributed by atoms with Gasteiger partial charge in [-0.15, -0.1) is 0 Å². The molecule has 1 fully saturated rings. The Morgan fingerprint density at radius 3 is 3.06 bits per heavy atom. The maximum absolute atomic E-state index is 5.43. The highest BCUT2D eigenvalue weighted by Gasteiger charge is 2.23. The van der Waals surface area contributed by atoms with Gasteiger partial charge in [0.15, 0.2) is 0 Å². The average molecular weight is 223 g/mol. The monoisotopic (exact) mass is 223 g/mol. The Kier molecular flexibility index (Phi) is 3.61. The molecule has 0 aromatic carbocycles. The second-order valence-electron chi connectivity index (χ2n) is 4.81. The Labute approximate surface area is 97.0 Å². The van der Waals surface area contributed by atoms with E-state index < -0.39 is 0 Å². The Morgan fingerprint density at radius 2 is 2.44 bits per heavy atom. The van der Waals surface area contributed by atoms with Gasteiger partial charge in [-0.05, 0) is 6.42 Å². The number of aromatic nitrogens is 2. The van der Waals surface area contributed by atoms with Gasteiger partial charge in [0.05, 0.1) is 12.3 Å². The Bertz CT molecular complexity index is 340. The number of ether oxygens (including phenoxy) is 1. The number of aryl methyl sites for hydroxylation is 1. The van der Waals surface area contributed by atoms with Gasteiger partial charge in [-0.25, -0.2) is 0 Å². The van der Waals surface area contributed by atoms with Crippen molar-refractivity contribution >= 4 is 0 Å².